The summed E-state index contributed by atoms with van der Waals surface area (Å²) in [6.45, 7) is 2.00. The van der Waals surface area contributed by atoms with Gasteiger partial charge in [-0.1, -0.05) is 35.0 Å². The highest BCUT2D eigenvalue weighted by atomic mass is 79.9. The molecule has 18 heavy (non-hydrogen) atoms. The highest BCUT2D eigenvalue weighted by Crippen LogP contribution is 2.18. The van der Waals surface area contributed by atoms with Crippen LogP contribution in [0.3, 0.4) is 0 Å². The Bertz CT molecular complexity index is 774. The number of rotatable bonds is 1. The quantitative estimate of drug-likeness (QED) is 0.693. The second kappa shape index (κ2) is 4.06. The van der Waals surface area contributed by atoms with Crippen LogP contribution in [0.5, 0.6) is 0 Å². The number of aryl methyl sites for hydroxylation is 1. The molecule has 0 saturated carbocycles. The van der Waals surface area contributed by atoms with Gasteiger partial charge in [-0.2, -0.15) is 0 Å². The molecule has 0 bridgehead atoms. The molecule has 3 rings (SSSR count). The summed E-state index contributed by atoms with van der Waals surface area (Å²) >= 11 is 3.15. The monoisotopic (exact) mass is 305 g/mol. The van der Waals surface area contributed by atoms with Crippen LogP contribution in [-0.2, 0) is 0 Å². The molecule has 0 amide bonds. The summed E-state index contributed by atoms with van der Waals surface area (Å²) in [6.07, 6.45) is 1.40. The van der Waals surface area contributed by atoms with Crippen molar-refractivity contribution in [3.63, 3.8) is 0 Å². The first-order valence-corrected chi connectivity index (χ1v) is 6.06. The zero-order valence-electron chi connectivity index (χ0n) is 9.42. The van der Waals surface area contributed by atoms with Crippen LogP contribution in [-0.4, -0.2) is 14.5 Å². The minimum Gasteiger partial charge on any atom is -0.314 e. The van der Waals surface area contributed by atoms with Crippen LogP contribution in [0.1, 0.15) is 5.56 Å². The molecule has 0 saturated heterocycles. The van der Waals surface area contributed by atoms with Gasteiger partial charge >= 0.3 is 5.84 Å². The van der Waals surface area contributed by atoms with Crippen LogP contribution >= 0.6 is 15.9 Å². The van der Waals surface area contributed by atoms with Gasteiger partial charge in [0.2, 0.25) is 0 Å². The van der Waals surface area contributed by atoms with Gasteiger partial charge in [0.15, 0.2) is 5.82 Å². The van der Waals surface area contributed by atoms with Crippen LogP contribution in [0.15, 0.2) is 44.3 Å². The van der Waals surface area contributed by atoms with E-state index in [2.05, 4.69) is 26.1 Å². The van der Waals surface area contributed by atoms with E-state index in [0.717, 1.165) is 11.1 Å². The van der Waals surface area contributed by atoms with Gasteiger partial charge in [0.1, 0.15) is 4.47 Å². The Morgan fingerprint density at radius 2 is 2.00 bits per heavy atom. The highest BCUT2D eigenvalue weighted by molar-refractivity contribution is 9.10. The highest BCUT2D eigenvalue weighted by Gasteiger charge is 2.13. The van der Waals surface area contributed by atoms with E-state index < -0.39 is 0 Å². The Morgan fingerprint density at radius 1 is 1.28 bits per heavy atom. The predicted octanol–water partition coefficient (Wildman–Crippen LogP) is 2.42. The molecule has 5 nitrogen and oxygen atoms in total. The molecular formula is C12H8BrN3O2. The molecular weight excluding hydrogens is 298 g/mol. The number of fused-ring (bicyclic) bond motifs is 1. The van der Waals surface area contributed by atoms with Crippen molar-refractivity contribution in [2.75, 3.05) is 0 Å². The molecule has 2 aromatic heterocycles. The molecule has 0 atom stereocenters. The number of benzene rings is 1. The van der Waals surface area contributed by atoms with E-state index in [1.54, 1.807) is 0 Å². The molecule has 0 fully saturated rings. The van der Waals surface area contributed by atoms with Crippen LogP contribution in [0.4, 0.5) is 0 Å². The average molecular weight is 306 g/mol. The molecule has 0 aliphatic rings. The van der Waals surface area contributed by atoms with E-state index in [-0.39, 0.29) is 11.4 Å². The van der Waals surface area contributed by atoms with Crippen molar-refractivity contribution in [3.05, 3.63) is 50.9 Å². The summed E-state index contributed by atoms with van der Waals surface area (Å²) in [4.78, 5) is 16.0. The number of halogens is 1. The van der Waals surface area contributed by atoms with E-state index >= 15 is 0 Å². The Hall–Kier alpha value is -1.95. The van der Waals surface area contributed by atoms with Gasteiger partial charge in [0, 0.05) is 5.56 Å². The third-order valence-corrected chi connectivity index (χ3v) is 3.17. The molecule has 1 aromatic carbocycles. The normalized spacial score (nSPS) is 11.0. The lowest BCUT2D eigenvalue weighted by Crippen LogP contribution is -2.14. The second-order valence-electron chi connectivity index (χ2n) is 3.90. The summed E-state index contributed by atoms with van der Waals surface area (Å²) in [5.41, 5.74) is 1.70. The third kappa shape index (κ3) is 1.65. The van der Waals surface area contributed by atoms with Crippen molar-refractivity contribution in [1.82, 2.24) is 14.5 Å². The van der Waals surface area contributed by atoms with Gasteiger partial charge in [-0.15, -0.1) is 0 Å². The lowest BCUT2D eigenvalue weighted by Gasteiger charge is -1.98. The Morgan fingerprint density at radius 3 is 2.72 bits per heavy atom. The Balaban J connectivity index is 2.33. The fourth-order valence-electron chi connectivity index (χ4n) is 1.68. The van der Waals surface area contributed by atoms with E-state index in [4.69, 9.17) is 4.52 Å². The second-order valence-corrected chi connectivity index (χ2v) is 4.76. The van der Waals surface area contributed by atoms with Gasteiger partial charge in [-0.3, -0.25) is 4.79 Å². The largest absolute Gasteiger partial charge is 0.335 e. The smallest absolute Gasteiger partial charge is 0.314 e. The van der Waals surface area contributed by atoms with Crippen LogP contribution < -0.4 is 5.56 Å². The molecule has 0 unspecified atom stereocenters. The Kier molecular flexibility index (Phi) is 2.52. The standard InChI is InChI=1S/C12H8BrN3O2/c1-7-2-4-8(5-3-7)10-15-18-12-14-6-9(13)11(17)16(10)12/h2-6H,1H3. The minimum atomic E-state index is -0.239. The van der Waals surface area contributed by atoms with Crippen molar-refractivity contribution in [2.45, 2.75) is 6.92 Å². The summed E-state index contributed by atoms with van der Waals surface area (Å²) in [7, 11) is 0. The number of nitrogens with zero attached hydrogens (tertiary/aromatic N) is 3. The fourth-order valence-corrected chi connectivity index (χ4v) is 1.96. The first-order chi connectivity index (χ1) is 8.66. The first-order valence-electron chi connectivity index (χ1n) is 5.27. The first kappa shape index (κ1) is 11.2. The van der Waals surface area contributed by atoms with Gasteiger partial charge in [0.05, 0.1) is 6.20 Å². The predicted molar refractivity (Wildman–Crippen MR) is 69.4 cm³/mol. The molecule has 0 aliphatic heterocycles. The number of hydrogen-bond donors (Lipinski definition) is 0. The zero-order valence-corrected chi connectivity index (χ0v) is 11.0. The topological polar surface area (TPSA) is 60.4 Å². The molecule has 2 heterocycles. The maximum Gasteiger partial charge on any atom is 0.335 e. The fraction of sp³-hybridized carbons (Fsp3) is 0.0833. The van der Waals surface area contributed by atoms with Gasteiger partial charge in [-0.05, 0) is 22.9 Å². The van der Waals surface area contributed by atoms with Crippen molar-refractivity contribution in [1.29, 1.82) is 0 Å². The van der Waals surface area contributed by atoms with Crippen molar-refractivity contribution in [3.8, 4) is 11.4 Å². The molecule has 0 spiro atoms. The van der Waals surface area contributed by atoms with Gasteiger partial charge in [0.25, 0.3) is 5.56 Å². The van der Waals surface area contributed by atoms with Crippen LogP contribution in [0.25, 0.3) is 17.2 Å². The minimum absolute atomic E-state index is 0.179. The average Bonchev–Trinajstić information content (AvgIpc) is 2.79. The van der Waals surface area contributed by atoms with Crippen LogP contribution in [0, 0.1) is 6.92 Å². The lowest BCUT2D eigenvalue weighted by atomic mass is 10.1. The van der Waals surface area contributed by atoms with E-state index in [1.165, 1.54) is 10.6 Å². The number of aromatic nitrogens is 3. The van der Waals surface area contributed by atoms with Crippen molar-refractivity contribution < 1.29 is 4.52 Å². The summed E-state index contributed by atoms with van der Waals surface area (Å²) in [5.74, 6) is 0.627. The Labute approximate surface area is 110 Å². The summed E-state index contributed by atoms with van der Waals surface area (Å²) in [6, 6.07) is 7.68. The molecule has 3 aromatic rings. The maximum absolute atomic E-state index is 12.0. The van der Waals surface area contributed by atoms with E-state index in [9.17, 15) is 4.79 Å². The van der Waals surface area contributed by atoms with Gasteiger partial charge < -0.3 is 4.52 Å². The van der Waals surface area contributed by atoms with Gasteiger partial charge in [-0.25, -0.2) is 9.38 Å². The van der Waals surface area contributed by atoms with Crippen molar-refractivity contribution in [2.24, 2.45) is 0 Å². The van der Waals surface area contributed by atoms with E-state index in [1.807, 2.05) is 31.2 Å². The number of hydrogen-bond acceptors (Lipinski definition) is 4. The lowest BCUT2D eigenvalue weighted by molar-refractivity contribution is 0.448. The maximum atomic E-state index is 12.0. The molecule has 6 heteroatoms. The molecule has 0 aliphatic carbocycles. The van der Waals surface area contributed by atoms with Crippen LogP contribution in [0.2, 0.25) is 0 Å². The van der Waals surface area contributed by atoms with Crippen molar-refractivity contribution >= 4 is 21.8 Å². The molecule has 90 valence electrons. The van der Waals surface area contributed by atoms with E-state index in [0.29, 0.717) is 10.3 Å². The third-order valence-electron chi connectivity index (χ3n) is 2.62. The SMILES string of the molecule is Cc1ccc(-c2noc3ncc(Br)c(=O)n23)cc1. The summed E-state index contributed by atoms with van der Waals surface area (Å²) in [5, 5.41) is 3.90. The summed E-state index contributed by atoms with van der Waals surface area (Å²) < 4.78 is 6.76. The molecule has 0 radical (unpaired) electrons. The zero-order chi connectivity index (χ0) is 12.7. The molecule has 0 N–H and O–H groups in total.